The van der Waals surface area contributed by atoms with Crippen molar-refractivity contribution in [2.45, 2.75) is 38.2 Å². The summed E-state index contributed by atoms with van der Waals surface area (Å²) in [6.45, 7) is 0. The summed E-state index contributed by atoms with van der Waals surface area (Å²) >= 11 is 0. The molecule has 5 rings (SSSR count). The highest BCUT2D eigenvalue weighted by atomic mass is 16.5. The summed E-state index contributed by atoms with van der Waals surface area (Å²) in [7, 11) is 0. The minimum absolute atomic E-state index is 0.134. The van der Waals surface area contributed by atoms with Gasteiger partial charge in [-0.2, -0.15) is 0 Å². The van der Waals surface area contributed by atoms with Crippen molar-refractivity contribution in [2.75, 3.05) is 0 Å². The van der Waals surface area contributed by atoms with Crippen LogP contribution in [0, 0.1) is 29.6 Å². The Morgan fingerprint density at radius 3 is 2.57 bits per heavy atom. The minimum atomic E-state index is 0.134. The summed E-state index contributed by atoms with van der Waals surface area (Å²) in [6, 6.07) is 0. The molecular formula is C12H16O2. The van der Waals surface area contributed by atoms with Gasteiger partial charge in [-0.1, -0.05) is 0 Å². The number of hydrogen-bond acceptors (Lipinski definition) is 2. The predicted molar refractivity (Wildman–Crippen MR) is 50.4 cm³/mol. The summed E-state index contributed by atoms with van der Waals surface area (Å²) < 4.78 is 5.51. The summed E-state index contributed by atoms with van der Waals surface area (Å²) in [5.74, 6) is 3.71. The van der Waals surface area contributed by atoms with Crippen LogP contribution in [-0.2, 0) is 9.53 Å². The first-order valence-corrected chi connectivity index (χ1v) is 6.05. The molecule has 0 N–H and O–H groups in total. The standard InChI is InChI=1S/C12H16O2/c13-12-8-3-4-9(14-12)11-7-2-1-6(5-7)10(8)11/h6-11H,1-5H2/t6-,7+,8+,9-,10-,11+/m1/s1. The van der Waals surface area contributed by atoms with E-state index in [1.807, 2.05) is 0 Å². The zero-order valence-corrected chi connectivity index (χ0v) is 8.32. The van der Waals surface area contributed by atoms with E-state index in [0.717, 1.165) is 36.5 Å². The number of fused-ring (bicyclic) bond motifs is 4. The molecule has 0 aromatic rings. The van der Waals surface area contributed by atoms with Crippen LogP contribution in [0.5, 0.6) is 0 Å². The van der Waals surface area contributed by atoms with Crippen LogP contribution >= 0.6 is 0 Å². The molecule has 2 heterocycles. The van der Waals surface area contributed by atoms with E-state index < -0.39 is 0 Å². The van der Waals surface area contributed by atoms with Gasteiger partial charge in [0.15, 0.2) is 0 Å². The van der Waals surface area contributed by atoms with Crippen LogP contribution in [0.25, 0.3) is 0 Å². The molecule has 0 aromatic carbocycles. The number of hydrogen-bond donors (Lipinski definition) is 0. The molecule has 0 amide bonds. The van der Waals surface area contributed by atoms with Gasteiger partial charge in [-0.05, 0) is 49.9 Å². The van der Waals surface area contributed by atoms with E-state index in [1.54, 1.807) is 0 Å². The second kappa shape index (κ2) is 2.34. The van der Waals surface area contributed by atoms with E-state index in [2.05, 4.69) is 0 Å². The molecule has 14 heavy (non-hydrogen) atoms. The maximum absolute atomic E-state index is 11.7. The first kappa shape index (κ1) is 7.72. The third-order valence-electron chi connectivity index (χ3n) is 5.27. The fourth-order valence-electron chi connectivity index (χ4n) is 4.91. The average Bonchev–Trinajstić information content (AvgIpc) is 2.79. The highest BCUT2D eigenvalue weighted by Gasteiger charge is 2.60. The van der Waals surface area contributed by atoms with Crippen LogP contribution in [0.4, 0.5) is 0 Å². The first-order chi connectivity index (χ1) is 6.84. The molecule has 4 bridgehead atoms. The van der Waals surface area contributed by atoms with Gasteiger partial charge in [-0.3, -0.25) is 4.79 Å². The number of carbonyl (C=O) groups excluding carboxylic acids is 1. The molecule has 2 aliphatic heterocycles. The van der Waals surface area contributed by atoms with Crippen molar-refractivity contribution in [1.82, 2.24) is 0 Å². The lowest BCUT2D eigenvalue weighted by atomic mass is 9.62. The Morgan fingerprint density at radius 1 is 1.00 bits per heavy atom. The minimum Gasteiger partial charge on any atom is -0.462 e. The first-order valence-electron chi connectivity index (χ1n) is 6.05. The lowest BCUT2D eigenvalue weighted by molar-refractivity contribution is -0.189. The van der Waals surface area contributed by atoms with Crippen molar-refractivity contribution in [3.8, 4) is 0 Å². The summed E-state index contributed by atoms with van der Waals surface area (Å²) in [6.07, 6.45) is 6.79. The number of esters is 1. The Balaban J connectivity index is 1.77. The van der Waals surface area contributed by atoms with E-state index >= 15 is 0 Å². The highest BCUT2D eigenvalue weighted by Crippen LogP contribution is 2.61. The van der Waals surface area contributed by atoms with Crippen LogP contribution in [0.2, 0.25) is 0 Å². The Morgan fingerprint density at radius 2 is 1.79 bits per heavy atom. The Hall–Kier alpha value is -0.530. The fourth-order valence-corrected chi connectivity index (χ4v) is 4.91. The third-order valence-corrected chi connectivity index (χ3v) is 5.27. The average molecular weight is 192 g/mol. The molecule has 5 fully saturated rings. The van der Waals surface area contributed by atoms with Gasteiger partial charge in [0.25, 0.3) is 0 Å². The molecule has 76 valence electrons. The second-order valence-electron chi connectivity index (χ2n) is 5.65. The molecule has 0 unspecified atom stereocenters. The Kier molecular flexibility index (Phi) is 1.29. The Labute approximate surface area is 84.0 Å². The van der Waals surface area contributed by atoms with Crippen molar-refractivity contribution in [2.24, 2.45) is 29.6 Å². The summed E-state index contributed by atoms with van der Waals surface area (Å²) in [4.78, 5) is 11.7. The summed E-state index contributed by atoms with van der Waals surface area (Å²) in [5, 5.41) is 0. The number of carbonyl (C=O) groups is 1. The van der Waals surface area contributed by atoms with Gasteiger partial charge in [-0.15, -0.1) is 0 Å². The van der Waals surface area contributed by atoms with Crippen molar-refractivity contribution in [3.63, 3.8) is 0 Å². The van der Waals surface area contributed by atoms with E-state index in [9.17, 15) is 4.79 Å². The molecule has 2 nitrogen and oxygen atoms in total. The van der Waals surface area contributed by atoms with Crippen LogP contribution < -0.4 is 0 Å². The zero-order valence-electron chi connectivity index (χ0n) is 8.32. The molecule has 0 spiro atoms. The van der Waals surface area contributed by atoms with E-state index in [-0.39, 0.29) is 5.97 Å². The van der Waals surface area contributed by atoms with Crippen molar-refractivity contribution in [3.05, 3.63) is 0 Å². The SMILES string of the molecule is O=C1O[C@@H]2CC[C@H]1[C@H]1[C@@H]3CC[C@@H](C3)[C@H]12. The van der Waals surface area contributed by atoms with E-state index in [4.69, 9.17) is 4.74 Å². The summed E-state index contributed by atoms with van der Waals surface area (Å²) in [5.41, 5.74) is 0. The van der Waals surface area contributed by atoms with E-state index in [0.29, 0.717) is 12.0 Å². The van der Waals surface area contributed by atoms with Crippen molar-refractivity contribution < 1.29 is 9.53 Å². The van der Waals surface area contributed by atoms with Gasteiger partial charge in [-0.25, -0.2) is 0 Å². The van der Waals surface area contributed by atoms with Gasteiger partial charge in [0.05, 0.1) is 5.92 Å². The number of rotatable bonds is 0. The van der Waals surface area contributed by atoms with E-state index in [1.165, 1.54) is 19.3 Å². The molecule has 3 saturated carbocycles. The van der Waals surface area contributed by atoms with Crippen LogP contribution in [-0.4, -0.2) is 12.1 Å². The smallest absolute Gasteiger partial charge is 0.309 e. The van der Waals surface area contributed by atoms with Gasteiger partial charge in [0.2, 0.25) is 0 Å². The van der Waals surface area contributed by atoms with Crippen LogP contribution in [0.15, 0.2) is 0 Å². The van der Waals surface area contributed by atoms with Gasteiger partial charge >= 0.3 is 5.97 Å². The molecule has 5 aliphatic rings. The topological polar surface area (TPSA) is 26.3 Å². The monoisotopic (exact) mass is 192 g/mol. The predicted octanol–water partition coefficient (Wildman–Crippen LogP) is 1.98. The second-order valence-corrected chi connectivity index (χ2v) is 5.65. The Bertz CT molecular complexity index is 299. The molecule has 0 aromatic heterocycles. The van der Waals surface area contributed by atoms with Crippen LogP contribution in [0.1, 0.15) is 32.1 Å². The lowest BCUT2D eigenvalue weighted by Gasteiger charge is -2.49. The zero-order chi connectivity index (χ0) is 9.28. The lowest BCUT2D eigenvalue weighted by Crippen LogP contribution is -2.52. The fraction of sp³-hybridized carbons (Fsp3) is 0.917. The molecule has 3 aliphatic carbocycles. The van der Waals surface area contributed by atoms with Crippen molar-refractivity contribution >= 4 is 5.97 Å². The number of ether oxygens (including phenoxy) is 1. The van der Waals surface area contributed by atoms with Gasteiger partial charge in [0, 0.05) is 5.92 Å². The molecular weight excluding hydrogens is 176 g/mol. The van der Waals surface area contributed by atoms with Crippen molar-refractivity contribution in [1.29, 1.82) is 0 Å². The largest absolute Gasteiger partial charge is 0.462 e. The van der Waals surface area contributed by atoms with Gasteiger partial charge in [0.1, 0.15) is 6.10 Å². The normalized spacial score (nSPS) is 58.7. The molecule has 0 radical (unpaired) electrons. The maximum Gasteiger partial charge on any atom is 0.309 e. The molecule has 2 saturated heterocycles. The highest BCUT2D eigenvalue weighted by molar-refractivity contribution is 5.75. The van der Waals surface area contributed by atoms with Gasteiger partial charge < -0.3 is 4.74 Å². The molecule has 2 heteroatoms. The quantitative estimate of drug-likeness (QED) is 0.549. The third kappa shape index (κ3) is 0.731. The molecule has 6 atom stereocenters. The van der Waals surface area contributed by atoms with Crippen LogP contribution in [0.3, 0.4) is 0 Å². The maximum atomic E-state index is 11.7.